The van der Waals surface area contributed by atoms with Gasteiger partial charge in [-0.05, 0) is 62.3 Å². The molecule has 132 valence electrons. The van der Waals surface area contributed by atoms with Gasteiger partial charge in [0.05, 0.1) is 17.7 Å². The van der Waals surface area contributed by atoms with Gasteiger partial charge in [0.25, 0.3) is 0 Å². The molecule has 1 fully saturated rings. The number of amides is 1. The summed E-state index contributed by atoms with van der Waals surface area (Å²) < 4.78 is 5.50. The molecule has 2 aliphatic carbocycles. The lowest BCUT2D eigenvalue weighted by molar-refractivity contribution is -0.138. The number of fused-ring (bicyclic) bond motifs is 1. The summed E-state index contributed by atoms with van der Waals surface area (Å²) in [4.78, 5) is 25.0. The number of hydrogen-bond donors (Lipinski definition) is 1. The molecule has 3 rings (SSSR count). The molecular weight excluding hydrogens is 316 g/mol. The Bertz CT molecular complexity index is 757. The molecule has 1 spiro atoms. The number of carbonyl (C=O) groups is 2. The minimum Gasteiger partial charge on any atom is -0.381 e. The molecule has 5 heteroatoms. The molecule has 2 aliphatic rings. The smallest absolute Gasteiger partial charge is 0.217 e. The van der Waals surface area contributed by atoms with Crippen LogP contribution in [-0.2, 0) is 26.3 Å². The Labute approximate surface area is 148 Å². The van der Waals surface area contributed by atoms with Gasteiger partial charge in [0.15, 0.2) is 5.78 Å². The van der Waals surface area contributed by atoms with Gasteiger partial charge in [-0.3, -0.25) is 9.59 Å². The first-order chi connectivity index (χ1) is 11.9. The van der Waals surface area contributed by atoms with Gasteiger partial charge in [-0.15, -0.1) is 0 Å². The van der Waals surface area contributed by atoms with Crippen molar-refractivity contribution in [1.29, 1.82) is 5.26 Å². The van der Waals surface area contributed by atoms with Crippen LogP contribution in [-0.4, -0.2) is 24.9 Å². The van der Waals surface area contributed by atoms with Crippen LogP contribution in [0, 0.1) is 16.7 Å². The Kier molecular flexibility index (Phi) is 4.42. The summed E-state index contributed by atoms with van der Waals surface area (Å²) in [6.07, 6.45) is 4.29. The zero-order valence-electron chi connectivity index (χ0n) is 15.0. The first kappa shape index (κ1) is 17.6. The topological polar surface area (TPSA) is 79.2 Å². The van der Waals surface area contributed by atoms with Gasteiger partial charge in [-0.25, -0.2) is 0 Å². The number of nitriles is 1. The third-order valence-electron chi connectivity index (χ3n) is 6.08. The molecule has 0 heterocycles. The van der Waals surface area contributed by atoms with E-state index in [1.807, 2.05) is 6.07 Å². The predicted octanol–water partition coefficient (Wildman–Crippen LogP) is 2.61. The number of ketones is 1. The van der Waals surface area contributed by atoms with Crippen LogP contribution in [0.1, 0.15) is 56.2 Å². The molecule has 0 radical (unpaired) electrons. The van der Waals surface area contributed by atoms with Gasteiger partial charge in [0, 0.05) is 19.4 Å². The minimum atomic E-state index is -1.06. The zero-order chi connectivity index (χ0) is 18.2. The molecule has 0 saturated heterocycles. The normalized spacial score (nSPS) is 30.6. The molecule has 1 N–H and O–H groups in total. The molecule has 0 aromatic heterocycles. The number of hydrogen-bond acceptors (Lipinski definition) is 4. The van der Waals surface area contributed by atoms with E-state index < -0.39 is 5.54 Å². The third kappa shape index (κ3) is 2.56. The largest absolute Gasteiger partial charge is 0.381 e. The molecule has 1 atom stereocenters. The number of benzene rings is 1. The van der Waals surface area contributed by atoms with Gasteiger partial charge in [-0.1, -0.05) is 6.07 Å². The highest BCUT2D eigenvalue weighted by atomic mass is 16.5. The van der Waals surface area contributed by atoms with Crippen LogP contribution in [0.3, 0.4) is 0 Å². The van der Waals surface area contributed by atoms with Crippen molar-refractivity contribution >= 4 is 11.7 Å². The van der Waals surface area contributed by atoms with Gasteiger partial charge in [0.2, 0.25) is 5.91 Å². The van der Waals surface area contributed by atoms with Gasteiger partial charge < -0.3 is 10.1 Å². The highest BCUT2D eigenvalue weighted by Gasteiger charge is 2.61. The second kappa shape index (κ2) is 6.27. The quantitative estimate of drug-likeness (QED) is 0.917. The van der Waals surface area contributed by atoms with E-state index in [0.717, 1.165) is 43.2 Å². The Balaban J connectivity index is 2.18. The number of nitrogens with one attached hydrogen (secondary N) is 1. The van der Waals surface area contributed by atoms with Crippen LogP contribution in [0.5, 0.6) is 0 Å². The summed E-state index contributed by atoms with van der Waals surface area (Å²) in [6, 6.07) is 7.66. The van der Waals surface area contributed by atoms with Crippen LogP contribution in [0.25, 0.3) is 0 Å². The SMILES string of the molecule is COC1CCC2(CC1)Cc1ccc(C#N)cc1C2(NC(C)=O)C(C)=O. The Morgan fingerprint density at radius 2 is 1.96 bits per heavy atom. The summed E-state index contributed by atoms with van der Waals surface area (Å²) in [6.45, 7) is 3.00. The van der Waals surface area contributed by atoms with Crippen LogP contribution in [0.15, 0.2) is 18.2 Å². The fraction of sp³-hybridized carbons (Fsp3) is 0.550. The van der Waals surface area contributed by atoms with Crippen molar-refractivity contribution in [2.45, 2.75) is 57.6 Å². The van der Waals surface area contributed by atoms with E-state index in [9.17, 15) is 14.9 Å². The molecule has 1 saturated carbocycles. The van der Waals surface area contributed by atoms with Crippen molar-refractivity contribution in [3.8, 4) is 6.07 Å². The lowest BCUT2D eigenvalue weighted by Crippen LogP contribution is -2.60. The minimum absolute atomic E-state index is 0.0626. The first-order valence-electron chi connectivity index (χ1n) is 8.74. The summed E-state index contributed by atoms with van der Waals surface area (Å²) in [5.41, 5.74) is 0.955. The monoisotopic (exact) mass is 340 g/mol. The van der Waals surface area contributed by atoms with E-state index in [-0.39, 0.29) is 23.2 Å². The molecular formula is C20H24N2O3. The average Bonchev–Trinajstić information content (AvgIpc) is 2.85. The Morgan fingerprint density at radius 3 is 2.48 bits per heavy atom. The fourth-order valence-electron chi connectivity index (χ4n) is 4.98. The highest BCUT2D eigenvalue weighted by Crippen LogP contribution is 2.58. The number of ether oxygens (including phenoxy) is 1. The standard InChI is InChI=1S/C20H24N2O3/c1-13(23)20(22-14(2)24)18-10-15(12-21)4-5-16(18)11-19(20)8-6-17(25-3)7-9-19/h4-5,10,17H,6-9,11H2,1-3H3,(H,22,24). The van der Waals surface area contributed by atoms with Crippen molar-refractivity contribution in [2.24, 2.45) is 5.41 Å². The lowest BCUT2D eigenvalue weighted by Gasteiger charge is -2.49. The molecule has 5 nitrogen and oxygen atoms in total. The Hall–Kier alpha value is -2.19. The van der Waals surface area contributed by atoms with Crippen molar-refractivity contribution in [2.75, 3.05) is 7.11 Å². The van der Waals surface area contributed by atoms with Crippen molar-refractivity contribution in [1.82, 2.24) is 5.32 Å². The maximum atomic E-state index is 13.0. The predicted molar refractivity (Wildman–Crippen MR) is 92.7 cm³/mol. The molecule has 1 unspecified atom stereocenters. The summed E-state index contributed by atoms with van der Waals surface area (Å²) in [5.74, 6) is -0.286. The van der Waals surface area contributed by atoms with Crippen molar-refractivity contribution in [3.63, 3.8) is 0 Å². The molecule has 0 bridgehead atoms. The third-order valence-corrected chi connectivity index (χ3v) is 6.08. The van der Waals surface area contributed by atoms with Crippen LogP contribution < -0.4 is 5.32 Å². The number of rotatable bonds is 3. The maximum Gasteiger partial charge on any atom is 0.217 e. The van der Waals surface area contributed by atoms with Crippen LogP contribution in [0.2, 0.25) is 0 Å². The zero-order valence-corrected chi connectivity index (χ0v) is 15.0. The van der Waals surface area contributed by atoms with Gasteiger partial charge in [0.1, 0.15) is 5.54 Å². The van der Waals surface area contributed by atoms with Crippen molar-refractivity contribution < 1.29 is 14.3 Å². The summed E-state index contributed by atoms with van der Waals surface area (Å²) in [7, 11) is 1.72. The first-order valence-corrected chi connectivity index (χ1v) is 8.74. The van der Waals surface area contributed by atoms with E-state index in [1.54, 1.807) is 26.2 Å². The Morgan fingerprint density at radius 1 is 1.28 bits per heavy atom. The molecule has 1 amide bonds. The van der Waals surface area contributed by atoms with E-state index >= 15 is 0 Å². The summed E-state index contributed by atoms with van der Waals surface area (Å²) >= 11 is 0. The van der Waals surface area contributed by atoms with E-state index in [2.05, 4.69) is 11.4 Å². The van der Waals surface area contributed by atoms with Crippen molar-refractivity contribution in [3.05, 3.63) is 34.9 Å². The maximum absolute atomic E-state index is 13.0. The molecule has 1 aromatic rings. The highest BCUT2D eigenvalue weighted by molar-refractivity contribution is 5.94. The van der Waals surface area contributed by atoms with E-state index in [1.165, 1.54) is 6.92 Å². The van der Waals surface area contributed by atoms with E-state index in [0.29, 0.717) is 5.56 Å². The van der Waals surface area contributed by atoms with Gasteiger partial charge >= 0.3 is 0 Å². The fourth-order valence-corrected chi connectivity index (χ4v) is 4.98. The van der Waals surface area contributed by atoms with Gasteiger partial charge in [-0.2, -0.15) is 5.26 Å². The average molecular weight is 340 g/mol. The van der Waals surface area contributed by atoms with Crippen LogP contribution in [0.4, 0.5) is 0 Å². The molecule has 25 heavy (non-hydrogen) atoms. The number of methoxy groups -OCH3 is 1. The number of nitrogens with zero attached hydrogens (tertiary/aromatic N) is 1. The number of carbonyl (C=O) groups excluding carboxylic acids is 2. The summed E-state index contributed by atoms with van der Waals surface area (Å²) in [5, 5.41) is 12.3. The van der Waals surface area contributed by atoms with Crippen LogP contribution >= 0.6 is 0 Å². The number of Topliss-reactive ketones (excluding diaryl/α,β-unsaturated/α-hetero) is 1. The second-order valence-corrected chi connectivity index (χ2v) is 7.36. The second-order valence-electron chi connectivity index (χ2n) is 7.36. The molecule has 1 aromatic carbocycles. The van der Waals surface area contributed by atoms with E-state index in [4.69, 9.17) is 4.74 Å². The molecule has 0 aliphatic heterocycles. The lowest BCUT2D eigenvalue weighted by atomic mass is 9.60.